The minimum absolute atomic E-state index is 0. The zero-order valence-electron chi connectivity index (χ0n) is 7.28. The van der Waals surface area contributed by atoms with Gasteiger partial charge in [-0.05, 0) is 12.1 Å². The second kappa shape index (κ2) is 4.97. The molecule has 0 fully saturated rings. The molecular formula is C8H7ClF3NO2. The smallest absolute Gasteiger partial charge is 0.416 e. The van der Waals surface area contributed by atoms with Crippen LogP contribution in [-0.4, -0.2) is 16.1 Å². The molecule has 3 nitrogen and oxygen atoms in total. The fourth-order valence-corrected chi connectivity index (χ4v) is 0.906. The Hall–Kier alpha value is -1.30. The highest BCUT2D eigenvalue weighted by molar-refractivity contribution is 5.85. The largest absolute Gasteiger partial charge is 0.481 e. The Kier molecular flexibility index (Phi) is 4.54. The van der Waals surface area contributed by atoms with Gasteiger partial charge in [0.2, 0.25) is 0 Å². The summed E-state index contributed by atoms with van der Waals surface area (Å²) in [7, 11) is 0. The maximum absolute atomic E-state index is 12.1. The first-order chi connectivity index (χ1) is 6.39. The molecule has 0 saturated carbocycles. The lowest BCUT2D eigenvalue weighted by Crippen LogP contribution is -2.08. The minimum Gasteiger partial charge on any atom is -0.481 e. The van der Waals surface area contributed by atoms with Gasteiger partial charge in [-0.15, -0.1) is 12.4 Å². The molecule has 1 N–H and O–H groups in total. The molecule has 0 radical (unpaired) electrons. The molecule has 15 heavy (non-hydrogen) atoms. The summed E-state index contributed by atoms with van der Waals surface area (Å²) in [6.07, 6.45) is -4.03. The molecule has 0 amide bonds. The van der Waals surface area contributed by atoms with E-state index in [9.17, 15) is 18.0 Å². The van der Waals surface area contributed by atoms with Gasteiger partial charge in [0.1, 0.15) is 0 Å². The number of pyridine rings is 1. The zero-order chi connectivity index (χ0) is 10.8. The Morgan fingerprint density at radius 1 is 1.47 bits per heavy atom. The number of carboxylic acid groups (broad SMARTS) is 1. The Balaban J connectivity index is 0.00000196. The van der Waals surface area contributed by atoms with Crippen LogP contribution in [0, 0.1) is 0 Å². The molecule has 0 bridgehead atoms. The van der Waals surface area contributed by atoms with Gasteiger partial charge in [0.15, 0.2) is 0 Å². The topological polar surface area (TPSA) is 50.2 Å². The Bertz CT molecular complexity index is 354. The van der Waals surface area contributed by atoms with Gasteiger partial charge in [-0.2, -0.15) is 13.2 Å². The van der Waals surface area contributed by atoms with Gasteiger partial charge in [0, 0.05) is 6.20 Å². The normalized spacial score (nSPS) is 10.6. The number of aromatic nitrogens is 1. The van der Waals surface area contributed by atoms with Crippen LogP contribution >= 0.6 is 12.4 Å². The van der Waals surface area contributed by atoms with Gasteiger partial charge < -0.3 is 5.11 Å². The third kappa shape index (κ3) is 4.16. The van der Waals surface area contributed by atoms with Crippen LogP contribution in [0.3, 0.4) is 0 Å². The molecule has 7 heteroatoms. The van der Waals surface area contributed by atoms with Crippen molar-refractivity contribution < 1.29 is 23.1 Å². The van der Waals surface area contributed by atoms with Gasteiger partial charge in [0.05, 0.1) is 17.7 Å². The average Bonchev–Trinajstić information content (AvgIpc) is 2.01. The number of alkyl halides is 3. The monoisotopic (exact) mass is 241 g/mol. The first-order valence-electron chi connectivity index (χ1n) is 3.63. The SMILES string of the molecule is Cl.O=C(O)Cc1cc(C(F)(F)F)ccn1. The molecule has 1 heterocycles. The van der Waals surface area contributed by atoms with Crippen molar-refractivity contribution in [2.45, 2.75) is 12.6 Å². The lowest BCUT2D eigenvalue weighted by Gasteiger charge is -2.06. The minimum atomic E-state index is -4.46. The predicted octanol–water partition coefficient (Wildman–Crippen LogP) is 2.15. The summed E-state index contributed by atoms with van der Waals surface area (Å²) in [5.74, 6) is -1.21. The molecule has 0 saturated heterocycles. The van der Waals surface area contributed by atoms with Gasteiger partial charge in [0.25, 0.3) is 0 Å². The third-order valence-corrected chi connectivity index (χ3v) is 1.48. The summed E-state index contributed by atoms with van der Waals surface area (Å²) in [5.41, 5.74) is -0.990. The molecule has 1 aromatic heterocycles. The van der Waals surface area contributed by atoms with Crippen LogP contribution in [0.5, 0.6) is 0 Å². The van der Waals surface area contributed by atoms with E-state index < -0.39 is 24.1 Å². The lowest BCUT2D eigenvalue weighted by molar-refractivity contribution is -0.139. The first kappa shape index (κ1) is 13.7. The van der Waals surface area contributed by atoms with Crippen LogP contribution in [0.1, 0.15) is 11.3 Å². The summed E-state index contributed by atoms with van der Waals surface area (Å²) < 4.78 is 36.4. The van der Waals surface area contributed by atoms with E-state index >= 15 is 0 Å². The number of nitrogens with zero attached hydrogens (tertiary/aromatic N) is 1. The van der Waals surface area contributed by atoms with Crippen molar-refractivity contribution in [2.24, 2.45) is 0 Å². The van der Waals surface area contributed by atoms with Crippen molar-refractivity contribution in [3.63, 3.8) is 0 Å². The van der Waals surface area contributed by atoms with Crippen molar-refractivity contribution in [2.75, 3.05) is 0 Å². The summed E-state index contributed by atoms with van der Waals surface area (Å²) in [6, 6.07) is 1.53. The van der Waals surface area contributed by atoms with E-state index in [1.165, 1.54) is 0 Å². The molecule has 0 aliphatic rings. The summed E-state index contributed by atoms with van der Waals surface area (Å²) in [6.45, 7) is 0. The van der Waals surface area contributed by atoms with Gasteiger partial charge in [-0.25, -0.2) is 0 Å². The molecule has 0 spiro atoms. The third-order valence-electron chi connectivity index (χ3n) is 1.48. The van der Waals surface area contributed by atoms with E-state index in [1.54, 1.807) is 0 Å². The van der Waals surface area contributed by atoms with E-state index in [4.69, 9.17) is 5.11 Å². The van der Waals surface area contributed by atoms with Crippen LogP contribution in [0.25, 0.3) is 0 Å². The summed E-state index contributed by atoms with van der Waals surface area (Å²) in [5, 5.41) is 8.34. The van der Waals surface area contributed by atoms with Crippen LogP contribution in [-0.2, 0) is 17.4 Å². The fourth-order valence-electron chi connectivity index (χ4n) is 0.906. The van der Waals surface area contributed by atoms with Crippen LogP contribution in [0.15, 0.2) is 18.3 Å². The zero-order valence-corrected chi connectivity index (χ0v) is 8.10. The Morgan fingerprint density at radius 2 is 2.07 bits per heavy atom. The second-order valence-corrected chi connectivity index (χ2v) is 2.60. The average molecular weight is 242 g/mol. The molecule has 1 aromatic rings. The van der Waals surface area contributed by atoms with Crippen molar-refractivity contribution in [1.82, 2.24) is 4.98 Å². The molecular weight excluding hydrogens is 235 g/mol. The molecule has 0 aliphatic carbocycles. The molecule has 0 unspecified atom stereocenters. The molecule has 0 aromatic carbocycles. The predicted molar refractivity (Wildman–Crippen MR) is 47.8 cm³/mol. The van der Waals surface area contributed by atoms with E-state index in [-0.39, 0.29) is 18.1 Å². The molecule has 0 aliphatic heterocycles. The molecule has 0 atom stereocenters. The number of aliphatic carboxylic acids is 1. The number of carboxylic acids is 1. The number of rotatable bonds is 2. The highest BCUT2D eigenvalue weighted by Crippen LogP contribution is 2.28. The van der Waals surface area contributed by atoms with Crippen molar-refractivity contribution in [1.29, 1.82) is 0 Å². The molecule has 1 rings (SSSR count). The maximum atomic E-state index is 12.1. The van der Waals surface area contributed by atoms with E-state index in [2.05, 4.69) is 4.98 Å². The van der Waals surface area contributed by atoms with Gasteiger partial charge in [-0.1, -0.05) is 0 Å². The van der Waals surface area contributed by atoms with E-state index in [1.807, 2.05) is 0 Å². The number of carbonyl (C=O) groups is 1. The Labute approximate surface area is 89.4 Å². The standard InChI is InChI=1S/C8H6F3NO2.ClH/c9-8(10,11)5-1-2-12-6(3-5)4-7(13)14;/h1-3H,4H2,(H,13,14);1H. The van der Waals surface area contributed by atoms with Gasteiger partial charge in [-0.3, -0.25) is 9.78 Å². The number of hydrogen-bond donors (Lipinski definition) is 1. The second-order valence-electron chi connectivity index (χ2n) is 2.60. The summed E-state index contributed by atoms with van der Waals surface area (Å²) in [4.78, 5) is 13.7. The van der Waals surface area contributed by atoms with Crippen molar-refractivity contribution in [3.05, 3.63) is 29.6 Å². The lowest BCUT2D eigenvalue weighted by atomic mass is 10.2. The van der Waals surface area contributed by atoms with Gasteiger partial charge >= 0.3 is 12.1 Å². The molecule has 84 valence electrons. The highest BCUT2D eigenvalue weighted by Gasteiger charge is 2.30. The van der Waals surface area contributed by atoms with Crippen LogP contribution < -0.4 is 0 Å². The first-order valence-corrected chi connectivity index (χ1v) is 3.63. The van der Waals surface area contributed by atoms with E-state index in [0.29, 0.717) is 0 Å². The van der Waals surface area contributed by atoms with Crippen molar-refractivity contribution in [3.8, 4) is 0 Å². The van der Waals surface area contributed by atoms with Crippen molar-refractivity contribution >= 4 is 18.4 Å². The number of hydrogen-bond acceptors (Lipinski definition) is 2. The Morgan fingerprint density at radius 3 is 2.53 bits per heavy atom. The maximum Gasteiger partial charge on any atom is 0.416 e. The fraction of sp³-hybridized carbons (Fsp3) is 0.250. The van der Waals surface area contributed by atoms with Crippen LogP contribution in [0.4, 0.5) is 13.2 Å². The summed E-state index contributed by atoms with van der Waals surface area (Å²) >= 11 is 0. The quantitative estimate of drug-likeness (QED) is 0.863. The van der Waals surface area contributed by atoms with E-state index in [0.717, 1.165) is 18.3 Å². The van der Waals surface area contributed by atoms with Crippen LogP contribution in [0.2, 0.25) is 0 Å². The highest BCUT2D eigenvalue weighted by atomic mass is 35.5. The number of halogens is 4.